The first-order valence-electron chi connectivity index (χ1n) is 9.12. The Morgan fingerprint density at radius 3 is 1.19 bits per heavy atom. The highest BCUT2D eigenvalue weighted by Crippen LogP contribution is 2.06. The molecule has 0 aliphatic carbocycles. The van der Waals surface area contributed by atoms with Crippen LogP contribution in [0.4, 0.5) is 0 Å². The molecule has 0 amide bonds. The van der Waals surface area contributed by atoms with E-state index in [1.807, 2.05) is 0 Å². The maximum Gasteiger partial charge on any atom is 0.0662 e. The summed E-state index contributed by atoms with van der Waals surface area (Å²) in [6, 6.07) is 0. The summed E-state index contributed by atoms with van der Waals surface area (Å²) in [6.07, 6.45) is 16.3. The van der Waals surface area contributed by atoms with Gasteiger partial charge in [-0.05, 0) is 12.8 Å². The van der Waals surface area contributed by atoms with Crippen molar-refractivity contribution in [3.63, 3.8) is 0 Å². The van der Waals surface area contributed by atoms with E-state index in [1.165, 1.54) is 77.0 Å². The highest BCUT2D eigenvalue weighted by Gasteiger charge is 1.92. The average molecular weight is 305 g/mol. The molecule has 2 N–H and O–H groups in total. The topological polar surface area (TPSA) is 49.7 Å². The molecule has 0 bridgehead atoms. The molecule has 3 nitrogen and oxygen atoms in total. The maximum atomic E-state index is 7.62. The standard InChI is InChI=1S/C16H34O.C2H6O2/c1-3-5-7-9-11-13-15-17-16-14-12-10-8-6-4-2;3-1-2-4/h3-16H2,1-2H3;3-4H,1-2H2. The zero-order valence-corrected chi connectivity index (χ0v) is 14.6. The van der Waals surface area contributed by atoms with Crippen LogP contribution in [0.1, 0.15) is 90.9 Å². The molecule has 0 rings (SSSR count). The summed E-state index contributed by atoms with van der Waals surface area (Å²) in [6.45, 7) is 6.26. The Labute approximate surface area is 133 Å². The molecular formula is C18H40O3. The van der Waals surface area contributed by atoms with Gasteiger partial charge in [0.1, 0.15) is 0 Å². The minimum atomic E-state index is -0.125. The van der Waals surface area contributed by atoms with Crippen LogP contribution in [0.5, 0.6) is 0 Å². The molecule has 3 heteroatoms. The summed E-state index contributed by atoms with van der Waals surface area (Å²) in [5, 5.41) is 15.2. The van der Waals surface area contributed by atoms with E-state index in [2.05, 4.69) is 13.8 Å². The Hall–Kier alpha value is -0.120. The zero-order chi connectivity index (χ0) is 16.0. The summed E-state index contributed by atoms with van der Waals surface area (Å²) < 4.78 is 5.65. The average Bonchev–Trinajstić information content (AvgIpc) is 2.52. The third-order valence-electron chi connectivity index (χ3n) is 3.38. The molecule has 0 spiro atoms. The van der Waals surface area contributed by atoms with Gasteiger partial charge >= 0.3 is 0 Å². The second-order valence-corrected chi connectivity index (χ2v) is 5.60. The molecule has 0 fully saturated rings. The van der Waals surface area contributed by atoms with E-state index >= 15 is 0 Å². The van der Waals surface area contributed by atoms with E-state index in [1.54, 1.807) is 0 Å². The summed E-state index contributed by atoms with van der Waals surface area (Å²) >= 11 is 0. The molecule has 0 aliphatic heterocycles. The van der Waals surface area contributed by atoms with Crippen LogP contribution < -0.4 is 0 Å². The van der Waals surface area contributed by atoms with E-state index in [4.69, 9.17) is 14.9 Å². The first-order valence-corrected chi connectivity index (χ1v) is 9.12. The Balaban J connectivity index is 0. The smallest absolute Gasteiger partial charge is 0.0662 e. The number of aliphatic hydroxyl groups excluding tert-OH is 2. The van der Waals surface area contributed by atoms with E-state index in [9.17, 15) is 0 Å². The van der Waals surface area contributed by atoms with Crippen molar-refractivity contribution in [3.05, 3.63) is 0 Å². The van der Waals surface area contributed by atoms with Gasteiger partial charge in [0, 0.05) is 13.2 Å². The number of rotatable bonds is 15. The maximum absolute atomic E-state index is 7.62. The predicted molar refractivity (Wildman–Crippen MR) is 91.7 cm³/mol. The molecule has 0 heterocycles. The molecule has 0 unspecified atom stereocenters. The fraction of sp³-hybridized carbons (Fsp3) is 1.00. The van der Waals surface area contributed by atoms with Gasteiger partial charge in [-0.2, -0.15) is 0 Å². The highest BCUT2D eigenvalue weighted by atomic mass is 16.5. The lowest BCUT2D eigenvalue weighted by molar-refractivity contribution is 0.125. The van der Waals surface area contributed by atoms with Crippen LogP contribution in [0, 0.1) is 0 Å². The molecule has 0 saturated heterocycles. The Bertz CT molecular complexity index is 135. The number of hydrogen-bond donors (Lipinski definition) is 2. The molecule has 21 heavy (non-hydrogen) atoms. The van der Waals surface area contributed by atoms with Gasteiger partial charge in [-0.25, -0.2) is 0 Å². The number of ether oxygens (including phenoxy) is 1. The molecule has 0 atom stereocenters. The minimum absolute atomic E-state index is 0.125. The van der Waals surface area contributed by atoms with Crippen LogP contribution in [0.15, 0.2) is 0 Å². The normalized spacial score (nSPS) is 10.3. The lowest BCUT2D eigenvalue weighted by Crippen LogP contribution is -1.97. The molecule has 0 aromatic rings. The van der Waals surface area contributed by atoms with Crippen LogP contribution >= 0.6 is 0 Å². The minimum Gasteiger partial charge on any atom is -0.394 e. The number of hydrogen-bond acceptors (Lipinski definition) is 3. The van der Waals surface area contributed by atoms with Crippen molar-refractivity contribution < 1.29 is 14.9 Å². The molecule has 0 radical (unpaired) electrons. The fourth-order valence-electron chi connectivity index (χ4n) is 2.07. The van der Waals surface area contributed by atoms with Gasteiger partial charge < -0.3 is 14.9 Å². The highest BCUT2D eigenvalue weighted by molar-refractivity contribution is 4.45. The molecular weight excluding hydrogens is 264 g/mol. The first kappa shape index (κ1) is 23.2. The van der Waals surface area contributed by atoms with Gasteiger partial charge in [0.05, 0.1) is 13.2 Å². The zero-order valence-electron chi connectivity index (χ0n) is 14.6. The van der Waals surface area contributed by atoms with Crippen LogP contribution in [0.25, 0.3) is 0 Å². The second-order valence-electron chi connectivity index (χ2n) is 5.60. The van der Waals surface area contributed by atoms with E-state index < -0.39 is 0 Å². The Kier molecular flexibility index (Phi) is 27.4. The van der Waals surface area contributed by atoms with Crippen molar-refractivity contribution in [2.75, 3.05) is 26.4 Å². The van der Waals surface area contributed by atoms with Gasteiger partial charge in [0.2, 0.25) is 0 Å². The van der Waals surface area contributed by atoms with Gasteiger partial charge in [0.15, 0.2) is 0 Å². The second kappa shape index (κ2) is 24.9. The van der Waals surface area contributed by atoms with Crippen LogP contribution in [0.3, 0.4) is 0 Å². The van der Waals surface area contributed by atoms with Crippen LogP contribution in [-0.4, -0.2) is 36.6 Å². The van der Waals surface area contributed by atoms with Gasteiger partial charge in [-0.1, -0.05) is 78.1 Å². The Morgan fingerprint density at radius 1 is 0.524 bits per heavy atom. The molecule has 130 valence electrons. The number of aliphatic hydroxyl groups is 2. The Morgan fingerprint density at radius 2 is 0.857 bits per heavy atom. The fourth-order valence-corrected chi connectivity index (χ4v) is 2.07. The summed E-state index contributed by atoms with van der Waals surface area (Å²) in [4.78, 5) is 0. The van der Waals surface area contributed by atoms with Crippen LogP contribution in [0.2, 0.25) is 0 Å². The van der Waals surface area contributed by atoms with Crippen molar-refractivity contribution in [3.8, 4) is 0 Å². The lowest BCUT2D eigenvalue weighted by Gasteiger charge is -2.04. The van der Waals surface area contributed by atoms with Crippen molar-refractivity contribution in [2.24, 2.45) is 0 Å². The third-order valence-corrected chi connectivity index (χ3v) is 3.38. The summed E-state index contributed by atoms with van der Waals surface area (Å²) in [5.74, 6) is 0. The van der Waals surface area contributed by atoms with Crippen molar-refractivity contribution in [1.29, 1.82) is 0 Å². The van der Waals surface area contributed by atoms with Crippen molar-refractivity contribution >= 4 is 0 Å². The quantitative estimate of drug-likeness (QED) is 0.431. The lowest BCUT2D eigenvalue weighted by atomic mass is 10.1. The molecule has 0 aromatic heterocycles. The van der Waals surface area contributed by atoms with E-state index in [-0.39, 0.29) is 13.2 Å². The molecule has 0 saturated carbocycles. The SMILES string of the molecule is CCCCCCCCOCCCCCCCC.OCCO. The van der Waals surface area contributed by atoms with Gasteiger partial charge in [0.25, 0.3) is 0 Å². The summed E-state index contributed by atoms with van der Waals surface area (Å²) in [7, 11) is 0. The third kappa shape index (κ3) is 28.7. The van der Waals surface area contributed by atoms with Crippen molar-refractivity contribution in [1.82, 2.24) is 0 Å². The van der Waals surface area contributed by atoms with Crippen molar-refractivity contribution in [2.45, 2.75) is 90.9 Å². The predicted octanol–water partition coefficient (Wildman–Crippen LogP) is 4.70. The number of unbranched alkanes of at least 4 members (excludes halogenated alkanes) is 10. The molecule has 0 aliphatic rings. The monoisotopic (exact) mass is 304 g/mol. The summed E-state index contributed by atoms with van der Waals surface area (Å²) in [5.41, 5.74) is 0. The van der Waals surface area contributed by atoms with E-state index in [0.717, 1.165) is 13.2 Å². The largest absolute Gasteiger partial charge is 0.394 e. The van der Waals surface area contributed by atoms with Gasteiger partial charge in [-0.15, -0.1) is 0 Å². The van der Waals surface area contributed by atoms with Gasteiger partial charge in [-0.3, -0.25) is 0 Å². The van der Waals surface area contributed by atoms with Crippen LogP contribution in [-0.2, 0) is 4.74 Å². The van der Waals surface area contributed by atoms with E-state index in [0.29, 0.717) is 0 Å². The molecule has 0 aromatic carbocycles. The first-order chi connectivity index (χ1) is 10.3.